The second kappa shape index (κ2) is 8.10. The van der Waals surface area contributed by atoms with Crippen LogP contribution in [0.1, 0.15) is 17.1 Å². The van der Waals surface area contributed by atoms with Crippen molar-refractivity contribution in [1.82, 2.24) is 25.3 Å². The lowest BCUT2D eigenvalue weighted by Crippen LogP contribution is -2.24. The number of nitrogens with one attached hydrogen (secondary N) is 2. The Bertz CT molecular complexity index is 1140. The van der Waals surface area contributed by atoms with Gasteiger partial charge in [0.05, 0.1) is 27.5 Å². The highest BCUT2D eigenvalue weighted by molar-refractivity contribution is 7.18. The Morgan fingerprint density at radius 2 is 1.93 bits per heavy atom. The molecule has 0 saturated heterocycles. The summed E-state index contributed by atoms with van der Waals surface area (Å²) in [6.07, 6.45) is 4.17. The SMILES string of the molecule is O=C(CCc1nc2ccccc2s1)NCc1cc(=O)[nH]c(-c2ccncc2)n1. The summed E-state index contributed by atoms with van der Waals surface area (Å²) in [5.41, 5.74) is 1.96. The molecule has 4 aromatic rings. The number of aryl methyl sites for hydroxylation is 1. The van der Waals surface area contributed by atoms with Crippen molar-refractivity contribution in [3.8, 4) is 11.4 Å². The van der Waals surface area contributed by atoms with Gasteiger partial charge < -0.3 is 10.3 Å². The van der Waals surface area contributed by atoms with Crippen molar-refractivity contribution in [2.75, 3.05) is 0 Å². The monoisotopic (exact) mass is 391 g/mol. The topological polar surface area (TPSA) is 101 Å². The molecule has 8 heteroatoms. The number of fused-ring (bicyclic) bond motifs is 1. The van der Waals surface area contributed by atoms with Gasteiger partial charge in [0, 0.05) is 36.9 Å². The molecular weight excluding hydrogens is 374 g/mol. The number of H-pyrrole nitrogens is 1. The predicted octanol–water partition coefficient (Wildman–Crippen LogP) is 2.69. The minimum absolute atomic E-state index is 0.105. The van der Waals surface area contributed by atoms with Gasteiger partial charge in [0.15, 0.2) is 0 Å². The predicted molar refractivity (Wildman–Crippen MR) is 108 cm³/mol. The van der Waals surface area contributed by atoms with E-state index in [9.17, 15) is 9.59 Å². The first-order chi connectivity index (χ1) is 13.7. The maximum Gasteiger partial charge on any atom is 0.251 e. The molecule has 0 aliphatic rings. The van der Waals surface area contributed by atoms with Gasteiger partial charge in [-0.2, -0.15) is 0 Å². The molecule has 0 aliphatic carbocycles. The number of aromatic nitrogens is 4. The largest absolute Gasteiger partial charge is 0.350 e. The van der Waals surface area contributed by atoms with Crippen LogP contribution in [0, 0.1) is 0 Å². The van der Waals surface area contributed by atoms with Crippen LogP contribution in [0.3, 0.4) is 0 Å². The van der Waals surface area contributed by atoms with Crippen molar-refractivity contribution >= 4 is 27.5 Å². The van der Waals surface area contributed by atoms with Crippen LogP contribution in [0.4, 0.5) is 0 Å². The van der Waals surface area contributed by atoms with Crippen LogP contribution in [0.25, 0.3) is 21.6 Å². The smallest absolute Gasteiger partial charge is 0.251 e. The number of amides is 1. The van der Waals surface area contributed by atoms with Crippen molar-refractivity contribution in [1.29, 1.82) is 0 Å². The van der Waals surface area contributed by atoms with Crippen LogP contribution < -0.4 is 10.9 Å². The zero-order chi connectivity index (χ0) is 19.3. The van der Waals surface area contributed by atoms with Crippen LogP contribution in [0.15, 0.2) is 59.7 Å². The molecule has 1 aromatic carbocycles. The third kappa shape index (κ3) is 4.29. The lowest BCUT2D eigenvalue weighted by atomic mass is 10.2. The molecule has 0 aliphatic heterocycles. The van der Waals surface area contributed by atoms with Gasteiger partial charge >= 0.3 is 0 Å². The van der Waals surface area contributed by atoms with E-state index in [1.165, 1.54) is 6.07 Å². The number of benzene rings is 1. The van der Waals surface area contributed by atoms with Gasteiger partial charge in [-0.3, -0.25) is 14.6 Å². The molecule has 140 valence electrons. The summed E-state index contributed by atoms with van der Waals surface area (Å²) in [6.45, 7) is 0.195. The van der Waals surface area contributed by atoms with E-state index in [0.717, 1.165) is 20.8 Å². The highest BCUT2D eigenvalue weighted by atomic mass is 32.1. The highest BCUT2D eigenvalue weighted by Gasteiger charge is 2.09. The Morgan fingerprint density at radius 1 is 1.11 bits per heavy atom. The van der Waals surface area contributed by atoms with E-state index in [2.05, 4.69) is 25.3 Å². The number of para-hydroxylation sites is 1. The number of pyridine rings is 1. The Kier molecular flexibility index (Phi) is 5.20. The fourth-order valence-electron chi connectivity index (χ4n) is 2.77. The average molecular weight is 391 g/mol. The summed E-state index contributed by atoms with van der Waals surface area (Å²) in [5, 5.41) is 3.75. The van der Waals surface area contributed by atoms with Gasteiger partial charge in [-0.25, -0.2) is 9.97 Å². The number of hydrogen-bond donors (Lipinski definition) is 2. The number of carbonyl (C=O) groups excluding carboxylic acids is 1. The average Bonchev–Trinajstić information content (AvgIpc) is 3.14. The lowest BCUT2D eigenvalue weighted by Gasteiger charge is -2.06. The summed E-state index contributed by atoms with van der Waals surface area (Å²) < 4.78 is 1.12. The van der Waals surface area contributed by atoms with Crippen molar-refractivity contribution in [3.05, 3.63) is 75.9 Å². The van der Waals surface area contributed by atoms with Crippen molar-refractivity contribution in [3.63, 3.8) is 0 Å². The molecule has 0 radical (unpaired) electrons. The first kappa shape index (κ1) is 18.0. The second-order valence-corrected chi connectivity index (χ2v) is 7.29. The van der Waals surface area contributed by atoms with E-state index in [1.807, 2.05) is 24.3 Å². The van der Waals surface area contributed by atoms with Gasteiger partial charge in [0.1, 0.15) is 5.82 Å². The molecule has 0 spiro atoms. The Morgan fingerprint density at radius 3 is 2.75 bits per heavy atom. The number of hydrogen-bond acceptors (Lipinski definition) is 6. The van der Waals surface area contributed by atoms with E-state index in [4.69, 9.17) is 0 Å². The molecule has 28 heavy (non-hydrogen) atoms. The summed E-state index contributed by atoms with van der Waals surface area (Å²) >= 11 is 1.60. The zero-order valence-electron chi connectivity index (χ0n) is 14.9. The molecule has 3 heterocycles. The third-order valence-electron chi connectivity index (χ3n) is 4.12. The lowest BCUT2D eigenvalue weighted by molar-refractivity contribution is -0.121. The third-order valence-corrected chi connectivity index (χ3v) is 5.22. The first-order valence-electron chi connectivity index (χ1n) is 8.79. The Labute approximate surface area is 164 Å². The van der Waals surface area contributed by atoms with Gasteiger partial charge in [-0.1, -0.05) is 12.1 Å². The Hall–Kier alpha value is -3.39. The van der Waals surface area contributed by atoms with Crippen LogP contribution in [0.2, 0.25) is 0 Å². The molecule has 0 bridgehead atoms. The van der Waals surface area contributed by atoms with Crippen molar-refractivity contribution < 1.29 is 4.79 Å². The fourth-order valence-corrected chi connectivity index (χ4v) is 3.74. The number of thiazole rings is 1. The van der Waals surface area contributed by atoms with E-state index in [0.29, 0.717) is 24.4 Å². The first-order valence-corrected chi connectivity index (χ1v) is 9.61. The zero-order valence-corrected chi connectivity index (χ0v) is 15.7. The van der Waals surface area contributed by atoms with Crippen LogP contribution in [0.5, 0.6) is 0 Å². The molecule has 0 atom stereocenters. The summed E-state index contributed by atoms with van der Waals surface area (Å²) in [4.78, 5) is 39.7. The second-order valence-electron chi connectivity index (χ2n) is 6.17. The minimum atomic E-state index is -0.263. The van der Waals surface area contributed by atoms with Crippen molar-refractivity contribution in [2.45, 2.75) is 19.4 Å². The van der Waals surface area contributed by atoms with Crippen LogP contribution >= 0.6 is 11.3 Å². The molecule has 1 amide bonds. The molecule has 7 nitrogen and oxygen atoms in total. The van der Waals surface area contributed by atoms with Gasteiger partial charge in [-0.15, -0.1) is 11.3 Å². The van der Waals surface area contributed by atoms with Gasteiger partial charge in [-0.05, 0) is 24.3 Å². The van der Waals surface area contributed by atoms with E-state index in [-0.39, 0.29) is 18.0 Å². The quantitative estimate of drug-likeness (QED) is 0.526. The summed E-state index contributed by atoms with van der Waals surface area (Å²) in [5.74, 6) is 0.348. The molecule has 0 saturated carbocycles. The number of aromatic amines is 1. The van der Waals surface area contributed by atoms with Gasteiger partial charge in [0.25, 0.3) is 5.56 Å². The molecule has 2 N–H and O–H groups in total. The highest BCUT2D eigenvalue weighted by Crippen LogP contribution is 2.22. The van der Waals surface area contributed by atoms with Crippen LogP contribution in [-0.2, 0) is 17.8 Å². The maximum absolute atomic E-state index is 12.2. The summed E-state index contributed by atoms with van der Waals surface area (Å²) in [6, 6.07) is 12.8. The van der Waals surface area contributed by atoms with Crippen molar-refractivity contribution in [2.24, 2.45) is 0 Å². The summed E-state index contributed by atoms with van der Waals surface area (Å²) in [7, 11) is 0. The van der Waals surface area contributed by atoms with Gasteiger partial charge in [0.2, 0.25) is 5.91 Å². The fraction of sp³-hybridized carbons (Fsp3) is 0.150. The number of carbonyl (C=O) groups is 1. The van der Waals surface area contributed by atoms with Crippen LogP contribution in [-0.4, -0.2) is 25.8 Å². The molecule has 0 unspecified atom stereocenters. The van der Waals surface area contributed by atoms with E-state index < -0.39 is 0 Å². The van der Waals surface area contributed by atoms with E-state index in [1.54, 1.807) is 35.9 Å². The normalized spacial score (nSPS) is 10.9. The molecule has 3 aromatic heterocycles. The van der Waals surface area contributed by atoms with E-state index >= 15 is 0 Å². The number of rotatable bonds is 6. The maximum atomic E-state index is 12.2. The Balaban J connectivity index is 1.36. The number of nitrogens with zero attached hydrogens (tertiary/aromatic N) is 3. The molecule has 0 fully saturated rings. The molecule has 4 rings (SSSR count). The standard InChI is InChI=1S/C20H17N5O2S/c26-17(5-6-19-24-15-3-1-2-4-16(15)28-19)22-12-14-11-18(27)25-20(23-14)13-7-9-21-10-8-13/h1-4,7-11H,5-6,12H2,(H,22,26)(H,23,25,27). The minimum Gasteiger partial charge on any atom is -0.350 e. The molecular formula is C20H17N5O2S.